The molecule has 1 heterocycles. The molecule has 0 radical (unpaired) electrons. The number of likely N-dealkylation sites (tertiary alicyclic amines) is 1. The van der Waals surface area contributed by atoms with E-state index >= 15 is 0 Å². The third-order valence-electron chi connectivity index (χ3n) is 5.51. The normalized spacial score (nSPS) is 20.3. The summed E-state index contributed by atoms with van der Waals surface area (Å²) in [4.78, 5) is 26.5. The van der Waals surface area contributed by atoms with Crippen molar-refractivity contribution in [3.63, 3.8) is 0 Å². The van der Waals surface area contributed by atoms with Crippen LogP contribution in [-0.2, 0) is 9.53 Å². The molecule has 148 valence electrons. The molecule has 1 aliphatic carbocycles. The first-order valence-corrected chi connectivity index (χ1v) is 10.0. The number of nitrogens with zero attached hydrogens (tertiary/aromatic N) is 1. The lowest BCUT2D eigenvalue weighted by molar-refractivity contribution is -0.116. The number of amides is 2. The van der Waals surface area contributed by atoms with Crippen LogP contribution in [0.1, 0.15) is 51.4 Å². The van der Waals surface area contributed by atoms with E-state index in [1.165, 1.54) is 0 Å². The van der Waals surface area contributed by atoms with Gasteiger partial charge in [0.1, 0.15) is 11.9 Å². The van der Waals surface area contributed by atoms with Crippen molar-refractivity contribution in [1.29, 1.82) is 0 Å². The summed E-state index contributed by atoms with van der Waals surface area (Å²) in [6, 6.07) is 7.39. The number of benzene rings is 1. The van der Waals surface area contributed by atoms with Crippen molar-refractivity contribution in [2.45, 2.75) is 57.5 Å². The van der Waals surface area contributed by atoms with Gasteiger partial charge in [-0.15, -0.1) is 0 Å². The first-order valence-electron chi connectivity index (χ1n) is 10.0. The second-order valence-electron chi connectivity index (χ2n) is 7.53. The average Bonchev–Trinajstić information content (AvgIpc) is 3.20. The maximum absolute atomic E-state index is 12.4. The minimum Gasteiger partial charge on any atom is -0.495 e. The van der Waals surface area contributed by atoms with Crippen LogP contribution in [-0.4, -0.2) is 43.2 Å². The van der Waals surface area contributed by atoms with Gasteiger partial charge in [-0.05, 0) is 63.0 Å². The second-order valence-corrected chi connectivity index (χ2v) is 7.53. The van der Waals surface area contributed by atoms with Gasteiger partial charge in [0.25, 0.3) is 0 Å². The quantitative estimate of drug-likeness (QED) is 0.810. The van der Waals surface area contributed by atoms with E-state index in [1.54, 1.807) is 7.11 Å². The van der Waals surface area contributed by atoms with Crippen molar-refractivity contribution in [2.24, 2.45) is 5.92 Å². The van der Waals surface area contributed by atoms with Crippen LogP contribution in [0.2, 0.25) is 0 Å². The van der Waals surface area contributed by atoms with Crippen molar-refractivity contribution >= 4 is 17.7 Å². The van der Waals surface area contributed by atoms with Gasteiger partial charge in [0, 0.05) is 19.5 Å². The highest BCUT2D eigenvalue weighted by Gasteiger charge is 2.28. The molecule has 2 aliphatic rings. The highest BCUT2D eigenvalue weighted by molar-refractivity contribution is 5.92. The molecule has 1 aromatic rings. The number of nitrogens with one attached hydrogen (secondary N) is 1. The Kier molecular flexibility index (Phi) is 6.96. The highest BCUT2D eigenvalue weighted by Crippen LogP contribution is 2.26. The number of anilines is 1. The summed E-state index contributed by atoms with van der Waals surface area (Å²) in [7, 11) is 1.59. The molecule has 1 atom stereocenters. The minimum absolute atomic E-state index is 0.0230. The Balaban J connectivity index is 1.43. The molecule has 27 heavy (non-hydrogen) atoms. The molecular formula is C21H30N2O4. The SMILES string of the molecule is COc1ccccc1NC(=O)CCC1CCCN(C(=O)OC2CCCC2)C1. The van der Waals surface area contributed by atoms with E-state index in [0.29, 0.717) is 30.3 Å². The number of methoxy groups -OCH3 is 1. The Morgan fingerprint density at radius 2 is 1.93 bits per heavy atom. The van der Waals surface area contributed by atoms with Crippen LogP contribution in [0.5, 0.6) is 5.75 Å². The van der Waals surface area contributed by atoms with Crippen LogP contribution < -0.4 is 10.1 Å². The van der Waals surface area contributed by atoms with E-state index in [2.05, 4.69) is 5.32 Å². The number of hydrogen-bond donors (Lipinski definition) is 1. The van der Waals surface area contributed by atoms with Gasteiger partial charge in [-0.3, -0.25) is 4.79 Å². The Morgan fingerprint density at radius 3 is 2.70 bits per heavy atom. The van der Waals surface area contributed by atoms with Crippen LogP contribution in [0.25, 0.3) is 0 Å². The minimum atomic E-state index is -0.176. The zero-order valence-electron chi connectivity index (χ0n) is 16.1. The second kappa shape index (κ2) is 9.62. The van der Waals surface area contributed by atoms with Gasteiger partial charge >= 0.3 is 6.09 Å². The topological polar surface area (TPSA) is 67.9 Å². The Hall–Kier alpha value is -2.24. The molecule has 1 N–H and O–H groups in total. The predicted octanol–water partition coefficient (Wildman–Crippen LogP) is 4.21. The van der Waals surface area contributed by atoms with Gasteiger partial charge in [-0.25, -0.2) is 4.79 Å². The average molecular weight is 374 g/mol. The molecule has 0 bridgehead atoms. The molecule has 1 unspecified atom stereocenters. The van der Waals surface area contributed by atoms with Crippen LogP contribution in [0.3, 0.4) is 0 Å². The predicted molar refractivity (Wildman–Crippen MR) is 104 cm³/mol. The molecule has 1 aromatic carbocycles. The first-order chi connectivity index (χ1) is 13.2. The summed E-state index contributed by atoms with van der Waals surface area (Å²) < 4.78 is 10.9. The van der Waals surface area contributed by atoms with Crippen molar-refractivity contribution in [1.82, 2.24) is 4.90 Å². The number of carbonyl (C=O) groups excluding carboxylic acids is 2. The molecule has 1 saturated heterocycles. The van der Waals surface area contributed by atoms with Crippen molar-refractivity contribution < 1.29 is 19.1 Å². The first kappa shape index (κ1) is 19.5. The van der Waals surface area contributed by atoms with E-state index in [-0.39, 0.29) is 18.1 Å². The summed E-state index contributed by atoms with van der Waals surface area (Å²) in [5.41, 5.74) is 0.690. The summed E-state index contributed by atoms with van der Waals surface area (Å²) in [6.07, 6.45) is 7.45. The van der Waals surface area contributed by atoms with Crippen molar-refractivity contribution in [3.8, 4) is 5.75 Å². The van der Waals surface area contributed by atoms with Gasteiger partial charge < -0.3 is 19.7 Å². The largest absolute Gasteiger partial charge is 0.495 e. The monoisotopic (exact) mass is 374 g/mol. The van der Waals surface area contributed by atoms with Gasteiger partial charge in [0.05, 0.1) is 12.8 Å². The van der Waals surface area contributed by atoms with E-state index in [9.17, 15) is 9.59 Å². The number of ether oxygens (including phenoxy) is 2. The Bertz CT molecular complexity index is 643. The van der Waals surface area contributed by atoms with Gasteiger partial charge in [-0.1, -0.05) is 12.1 Å². The zero-order valence-corrected chi connectivity index (χ0v) is 16.1. The fourth-order valence-corrected chi connectivity index (χ4v) is 3.99. The number of para-hydroxylation sites is 2. The summed E-state index contributed by atoms with van der Waals surface area (Å²) in [6.45, 7) is 1.45. The van der Waals surface area contributed by atoms with Gasteiger partial charge in [0.2, 0.25) is 5.91 Å². The van der Waals surface area contributed by atoms with Gasteiger partial charge in [0.15, 0.2) is 0 Å². The number of carbonyl (C=O) groups is 2. The summed E-state index contributed by atoms with van der Waals surface area (Å²) in [5, 5.41) is 2.91. The fourth-order valence-electron chi connectivity index (χ4n) is 3.99. The lowest BCUT2D eigenvalue weighted by atomic mass is 9.93. The number of piperidine rings is 1. The standard InChI is InChI=1S/C21H30N2O4/c1-26-19-11-5-4-10-18(19)22-20(24)13-12-16-7-6-14-23(15-16)21(25)27-17-8-2-3-9-17/h4-5,10-11,16-17H,2-3,6-9,12-15H2,1H3,(H,22,24). The third-order valence-corrected chi connectivity index (χ3v) is 5.51. The molecule has 1 saturated carbocycles. The van der Waals surface area contributed by atoms with E-state index < -0.39 is 0 Å². The zero-order chi connectivity index (χ0) is 19.1. The van der Waals surface area contributed by atoms with Crippen molar-refractivity contribution in [3.05, 3.63) is 24.3 Å². The maximum Gasteiger partial charge on any atom is 0.410 e. The molecule has 2 fully saturated rings. The smallest absolute Gasteiger partial charge is 0.410 e. The van der Waals surface area contributed by atoms with E-state index in [1.807, 2.05) is 29.2 Å². The van der Waals surface area contributed by atoms with Gasteiger partial charge in [-0.2, -0.15) is 0 Å². The van der Waals surface area contributed by atoms with Crippen LogP contribution in [0, 0.1) is 5.92 Å². The Labute approximate surface area is 161 Å². The third kappa shape index (κ3) is 5.62. The van der Waals surface area contributed by atoms with Crippen LogP contribution in [0.4, 0.5) is 10.5 Å². The molecule has 3 rings (SSSR count). The molecule has 1 aliphatic heterocycles. The van der Waals surface area contributed by atoms with E-state index in [0.717, 1.165) is 51.5 Å². The van der Waals surface area contributed by atoms with E-state index in [4.69, 9.17) is 9.47 Å². The van der Waals surface area contributed by atoms with Crippen molar-refractivity contribution in [2.75, 3.05) is 25.5 Å². The molecule has 6 heteroatoms. The lowest BCUT2D eigenvalue weighted by Crippen LogP contribution is -2.41. The molecule has 6 nitrogen and oxygen atoms in total. The lowest BCUT2D eigenvalue weighted by Gasteiger charge is -2.32. The van der Waals surface area contributed by atoms with Crippen LogP contribution >= 0.6 is 0 Å². The number of rotatable bonds is 6. The summed E-state index contributed by atoms with van der Waals surface area (Å²) >= 11 is 0. The fraction of sp³-hybridized carbons (Fsp3) is 0.619. The molecule has 0 spiro atoms. The highest BCUT2D eigenvalue weighted by atomic mass is 16.6. The maximum atomic E-state index is 12.4. The molecule has 2 amide bonds. The number of hydrogen-bond acceptors (Lipinski definition) is 4. The molecule has 0 aromatic heterocycles. The van der Waals surface area contributed by atoms with Crippen LogP contribution in [0.15, 0.2) is 24.3 Å². The molecular weight excluding hydrogens is 344 g/mol. The Morgan fingerprint density at radius 1 is 1.15 bits per heavy atom. The summed E-state index contributed by atoms with van der Waals surface area (Å²) in [5.74, 6) is 0.979.